The summed E-state index contributed by atoms with van der Waals surface area (Å²) in [5.41, 5.74) is 0.253. The summed E-state index contributed by atoms with van der Waals surface area (Å²) >= 11 is 0. The molecule has 158 valence electrons. The van der Waals surface area contributed by atoms with E-state index >= 15 is 0 Å². The van der Waals surface area contributed by atoms with E-state index in [4.69, 9.17) is 18.9 Å². The van der Waals surface area contributed by atoms with Gasteiger partial charge in [0, 0.05) is 23.6 Å². The van der Waals surface area contributed by atoms with E-state index < -0.39 is 17.4 Å². The Morgan fingerprint density at radius 3 is 2.53 bits per heavy atom. The molecule has 0 aromatic heterocycles. The van der Waals surface area contributed by atoms with Crippen LogP contribution in [0.5, 0.6) is 17.2 Å². The van der Waals surface area contributed by atoms with Crippen LogP contribution < -0.4 is 14.2 Å². The van der Waals surface area contributed by atoms with E-state index in [0.29, 0.717) is 23.7 Å². The molecule has 0 radical (unpaired) electrons. The second-order valence-electron chi connectivity index (χ2n) is 8.25. The fraction of sp³-hybridized carbons (Fsp3) is 0.417. The molecule has 1 aliphatic heterocycles. The van der Waals surface area contributed by atoms with Crippen molar-refractivity contribution in [2.75, 3.05) is 14.2 Å². The number of fused-ring (bicyclic) bond motifs is 3. The van der Waals surface area contributed by atoms with Gasteiger partial charge in [0.25, 0.3) is 0 Å². The Morgan fingerprint density at radius 2 is 1.90 bits per heavy atom. The molecule has 30 heavy (non-hydrogen) atoms. The van der Waals surface area contributed by atoms with Gasteiger partial charge in [-0.1, -0.05) is 44.2 Å². The standard InChI is InChI=1S/C24H26O6/c1-14(2)17-12-24(22(25)29-13-15-8-6-5-7-9-15)21(17)20-18(28-4)10-16(27-3)11-19(20)30-23(24)26/h5-11,14,17,21H,12-13H2,1-4H3/t17?,21-,24-/m0/s1. The maximum atomic E-state index is 13.3. The zero-order valence-electron chi connectivity index (χ0n) is 17.6. The molecule has 6 heteroatoms. The molecule has 0 saturated heterocycles. The summed E-state index contributed by atoms with van der Waals surface area (Å²) in [6.45, 7) is 4.30. The Morgan fingerprint density at radius 1 is 1.17 bits per heavy atom. The van der Waals surface area contributed by atoms with Crippen LogP contribution in [0.4, 0.5) is 0 Å². The molecule has 1 unspecified atom stereocenters. The number of methoxy groups -OCH3 is 2. The third-order valence-corrected chi connectivity index (χ3v) is 6.36. The number of carbonyl (C=O) groups excluding carboxylic acids is 2. The highest BCUT2D eigenvalue weighted by Crippen LogP contribution is 2.66. The molecular weight excluding hydrogens is 384 g/mol. The highest BCUT2D eigenvalue weighted by atomic mass is 16.6. The van der Waals surface area contributed by atoms with E-state index in [1.165, 1.54) is 7.11 Å². The first-order valence-electron chi connectivity index (χ1n) is 10.1. The smallest absolute Gasteiger partial charge is 0.329 e. The average molecular weight is 410 g/mol. The van der Waals surface area contributed by atoms with Crippen molar-refractivity contribution in [1.29, 1.82) is 0 Å². The van der Waals surface area contributed by atoms with Gasteiger partial charge in [-0.05, 0) is 23.8 Å². The van der Waals surface area contributed by atoms with Crippen molar-refractivity contribution in [2.45, 2.75) is 32.8 Å². The third-order valence-electron chi connectivity index (χ3n) is 6.36. The molecule has 6 nitrogen and oxygen atoms in total. The van der Waals surface area contributed by atoms with E-state index in [9.17, 15) is 9.59 Å². The summed E-state index contributed by atoms with van der Waals surface area (Å²) in [5.74, 6) is 0.396. The number of hydrogen-bond acceptors (Lipinski definition) is 6. The van der Waals surface area contributed by atoms with E-state index in [1.54, 1.807) is 19.2 Å². The lowest BCUT2D eigenvalue weighted by molar-refractivity contribution is -0.187. The van der Waals surface area contributed by atoms with Crippen molar-refractivity contribution in [1.82, 2.24) is 0 Å². The molecule has 2 aromatic rings. The fourth-order valence-electron chi connectivity index (χ4n) is 4.70. The molecule has 2 aliphatic rings. The maximum absolute atomic E-state index is 13.3. The van der Waals surface area contributed by atoms with E-state index in [0.717, 1.165) is 11.1 Å². The summed E-state index contributed by atoms with van der Waals surface area (Å²) in [6.07, 6.45) is 0.399. The number of hydrogen-bond donors (Lipinski definition) is 0. The number of carbonyl (C=O) groups is 2. The first kappa shape index (κ1) is 20.3. The lowest BCUT2D eigenvalue weighted by atomic mass is 9.48. The highest BCUT2D eigenvalue weighted by Gasteiger charge is 2.69. The van der Waals surface area contributed by atoms with Crippen LogP contribution >= 0.6 is 0 Å². The van der Waals surface area contributed by atoms with Gasteiger partial charge in [0.1, 0.15) is 23.9 Å². The van der Waals surface area contributed by atoms with Crippen LogP contribution in [0.1, 0.15) is 37.3 Å². The average Bonchev–Trinajstić information content (AvgIpc) is 2.72. The van der Waals surface area contributed by atoms with Crippen LogP contribution in [0.2, 0.25) is 0 Å². The Bertz CT molecular complexity index is 967. The molecular formula is C24H26O6. The van der Waals surface area contributed by atoms with Crippen molar-refractivity contribution < 1.29 is 28.5 Å². The number of ether oxygens (including phenoxy) is 4. The predicted molar refractivity (Wildman–Crippen MR) is 110 cm³/mol. The number of benzene rings is 2. The Hall–Kier alpha value is -3.02. The zero-order valence-corrected chi connectivity index (χ0v) is 17.6. The minimum atomic E-state index is -1.35. The van der Waals surface area contributed by atoms with Crippen molar-refractivity contribution in [2.24, 2.45) is 17.3 Å². The SMILES string of the molecule is COc1cc(OC)c2c(c1)OC(=O)[C@@]1(C(=O)OCc3ccccc3)CC(C(C)C)[C@@H]21. The molecule has 2 aromatic carbocycles. The van der Waals surface area contributed by atoms with Gasteiger partial charge in [-0.15, -0.1) is 0 Å². The monoisotopic (exact) mass is 410 g/mol. The number of esters is 2. The molecule has 0 spiro atoms. The second kappa shape index (κ2) is 7.67. The van der Waals surface area contributed by atoms with Crippen LogP contribution in [-0.4, -0.2) is 26.2 Å². The molecule has 0 bridgehead atoms. The van der Waals surface area contributed by atoms with Crippen LogP contribution in [-0.2, 0) is 20.9 Å². The number of rotatable bonds is 6. The van der Waals surface area contributed by atoms with Gasteiger partial charge in [-0.3, -0.25) is 9.59 Å². The molecule has 3 atom stereocenters. The van der Waals surface area contributed by atoms with Crippen molar-refractivity contribution in [3.05, 3.63) is 53.6 Å². The molecule has 1 saturated carbocycles. The van der Waals surface area contributed by atoms with Crippen molar-refractivity contribution in [3.8, 4) is 17.2 Å². The summed E-state index contributed by atoms with van der Waals surface area (Å²) < 4.78 is 22.2. The first-order valence-corrected chi connectivity index (χ1v) is 10.1. The van der Waals surface area contributed by atoms with Gasteiger partial charge in [0.2, 0.25) is 0 Å². The van der Waals surface area contributed by atoms with Crippen LogP contribution in [0, 0.1) is 17.3 Å². The van der Waals surface area contributed by atoms with E-state index in [-0.39, 0.29) is 24.4 Å². The predicted octanol–water partition coefficient (Wildman–Crippen LogP) is 4.11. The summed E-state index contributed by atoms with van der Waals surface area (Å²) in [5, 5.41) is 0. The Balaban J connectivity index is 1.73. The lowest BCUT2D eigenvalue weighted by Gasteiger charge is -2.55. The van der Waals surface area contributed by atoms with Crippen LogP contribution in [0.15, 0.2) is 42.5 Å². The zero-order chi connectivity index (χ0) is 21.5. The third kappa shape index (κ3) is 3.02. The second-order valence-corrected chi connectivity index (χ2v) is 8.25. The summed E-state index contributed by atoms with van der Waals surface area (Å²) in [6, 6.07) is 12.8. The molecule has 4 rings (SSSR count). The first-order chi connectivity index (χ1) is 14.4. The lowest BCUT2D eigenvalue weighted by Crippen LogP contribution is -2.61. The largest absolute Gasteiger partial charge is 0.496 e. The summed E-state index contributed by atoms with van der Waals surface area (Å²) in [7, 11) is 3.10. The van der Waals surface area contributed by atoms with Gasteiger partial charge in [-0.2, -0.15) is 0 Å². The molecule has 0 N–H and O–H groups in total. The summed E-state index contributed by atoms with van der Waals surface area (Å²) in [4.78, 5) is 26.4. The van der Waals surface area contributed by atoms with E-state index in [2.05, 4.69) is 13.8 Å². The van der Waals surface area contributed by atoms with Gasteiger partial charge < -0.3 is 18.9 Å². The van der Waals surface area contributed by atoms with Gasteiger partial charge in [-0.25, -0.2) is 0 Å². The maximum Gasteiger partial charge on any atom is 0.329 e. The topological polar surface area (TPSA) is 71.1 Å². The van der Waals surface area contributed by atoms with Crippen molar-refractivity contribution >= 4 is 11.9 Å². The normalized spacial score (nSPS) is 24.2. The van der Waals surface area contributed by atoms with Crippen molar-refractivity contribution in [3.63, 3.8) is 0 Å². The van der Waals surface area contributed by atoms with Crippen LogP contribution in [0.25, 0.3) is 0 Å². The fourth-order valence-corrected chi connectivity index (χ4v) is 4.70. The molecule has 0 amide bonds. The highest BCUT2D eigenvalue weighted by molar-refractivity contribution is 6.05. The Labute approximate surface area is 176 Å². The van der Waals surface area contributed by atoms with Gasteiger partial charge in [0.05, 0.1) is 14.2 Å². The van der Waals surface area contributed by atoms with E-state index in [1.807, 2.05) is 30.3 Å². The molecule has 1 aliphatic carbocycles. The Kier molecular flexibility index (Phi) is 5.18. The minimum Gasteiger partial charge on any atom is -0.496 e. The molecule has 1 fully saturated rings. The molecule has 1 heterocycles. The quantitative estimate of drug-likeness (QED) is 0.405. The van der Waals surface area contributed by atoms with Gasteiger partial charge in [0.15, 0.2) is 5.41 Å². The van der Waals surface area contributed by atoms with Gasteiger partial charge >= 0.3 is 11.9 Å². The van der Waals surface area contributed by atoms with Crippen LogP contribution in [0.3, 0.4) is 0 Å². The minimum absolute atomic E-state index is 0.111.